The highest BCUT2D eigenvalue weighted by atomic mass is 19.2. The van der Waals surface area contributed by atoms with Crippen LogP contribution in [0.2, 0.25) is 0 Å². The van der Waals surface area contributed by atoms with Crippen LogP contribution in [0.5, 0.6) is 0 Å². The number of carbonyl (C=O) groups excluding carboxylic acids is 1. The second-order valence-electron chi connectivity index (χ2n) is 7.45. The fourth-order valence-electron chi connectivity index (χ4n) is 3.90. The lowest BCUT2D eigenvalue weighted by Gasteiger charge is -2.25. The Kier molecular flexibility index (Phi) is 4.91. The van der Waals surface area contributed by atoms with Gasteiger partial charge in [-0.05, 0) is 30.7 Å². The van der Waals surface area contributed by atoms with Crippen molar-refractivity contribution in [3.63, 3.8) is 0 Å². The molecule has 4 heterocycles. The van der Waals surface area contributed by atoms with Crippen LogP contribution < -0.4 is 0 Å². The Hall–Kier alpha value is -4.09. The first-order valence-corrected chi connectivity index (χ1v) is 9.85. The number of hydrogen-bond acceptors (Lipinski definition) is 5. The predicted molar refractivity (Wildman–Crippen MR) is 106 cm³/mol. The average Bonchev–Trinajstić information content (AvgIpc) is 3.40. The van der Waals surface area contributed by atoms with Crippen LogP contribution in [0.15, 0.2) is 36.8 Å². The Morgan fingerprint density at radius 1 is 1.03 bits per heavy atom. The van der Waals surface area contributed by atoms with E-state index in [1.165, 1.54) is 34.2 Å². The SMILES string of the molecule is Cn1nc2c(c1-c1cc(F)c(F)c(F)c1)CCN(C(=O)c1ncn(-c3ncccc3F)n1)C2. The van der Waals surface area contributed by atoms with Gasteiger partial charge in [-0.3, -0.25) is 9.48 Å². The van der Waals surface area contributed by atoms with Crippen molar-refractivity contribution >= 4 is 5.91 Å². The summed E-state index contributed by atoms with van der Waals surface area (Å²) >= 11 is 0. The van der Waals surface area contributed by atoms with Gasteiger partial charge >= 0.3 is 0 Å². The maximum absolute atomic E-state index is 13.9. The number of amides is 1. The van der Waals surface area contributed by atoms with Crippen LogP contribution in [-0.4, -0.2) is 46.9 Å². The molecule has 0 unspecified atom stereocenters. The molecule has 1 aliphatic rings. The van der Waals surface area contributed by atoms with E-state index in [2.05, 4.69) is 20.2 Å². The summed E-state index contributed by atoms with van der Waals surface area (Å²) in [5.74, 6) is -5.44. The van der Waals surface area contributed by atoms with E-state index in [1.807, 2.05) is 0 Å². The van der Waals surface area contributed by atoms with Gasteiger partial charge in [-0.15, -0.1) is 5.10 Å². The largest absolute Gasteiger partial charge is 0.330 e. The highest BCUT2D eigenvalue weighted by molar-refractivity contribution is 5.90. The number of rotatable bonds is 3. The molecule has 1 aromatic carbocycles. The van der Waals surface area contributed by atoms with Crippen molar-refractivity contribution in [1.82, 2.24) is 34.4 Å². The van der Waals surface area contributed by atoms with Crippen LogP contribution in [-0.2, 0) is 20.0 Å². The molecule has 4 aromatic rings. The Morgan fingerprint density at radius 3 is 2.52 bits per heavy atom. The molecule has 5 rings (SSSR count). The number of hydrogen-bond donors (Lipinski definition) is 0. The summed E-state index contributed by atoms with van der Waals surface area (Å²) < 4.78 is 57.3. The highest BCUT2D eigenvalue weighted by Gasteiger charge is 2.30. The number of pyridine rings is 1. The summed E-state index contributed by atoms with van der Waals surface area (Å²) in [5, 5.41) is 8.42. The van der Waals surface area contributed by atoms with Crippen molar-refractivity contribution in [2.75, 3.05) is 6.54 Å². The van der Waals surface area contributed by atoms with E-state index < -0.39 is 29.2 Å². The lowest BCUT2D eigenvalue weighted by atomic mass is 9.99. The maximum atomic E-state index is 13.9. The van der Waals surface area contributed by atoms with Crippen LogP contribution in [0.1, 0.15) is 21.9 Å². The Labute approximate surface area is 184 Å². The molecular weight excluding hydrogens is 442 g/mol. The smallest absolute Gasteiger partial charge is 0.293 e. The molecule has 0 saturated carbocycles. The predicted octanol–water partition coefficient (Wildman–Crippen LogP) is 2.82. The van der Waals surface area contributed by atoms with Crippen molar-refractivity contribution in [2.24, 2.45) is 7.05 Å². The molecule has 33 heavy (non-hydrogen) atoms. The molecule has 168 valence electrons. The van der Waals surface area contributed by atoms with Gasteiger partial charge in [0.15, 0.2) is 29.1 Å². The standard InChI is InChI=1S/C21H15F4N7O/c1-30-18(11-7-14(23)17(25)15(24)8-11)12-4-6-31(9-16(12)28-30)21(33)19-27-10-32(29-19)20-13(22)3-2-5-26-20/h2-3,5,7-8,10H,4,6,9H2,1H3. The zero-order valence-electron chi connectivity index (χ0n) is 17.1. The normalized spacial score (nSPS) is 13.3. The van der Waals surface area contributed by atoms with Crippen LogP contribution in [0.4, 0.5) is 17.6 Å². The van der Waals surface area contributed by atoms with Gasteiger partial charge in [0.2, 0.25) is 5.82 Å². The molecule has 0 atom stereocenters. The van der Waals surface area contributed by atoms with Gasteiger partial charge in [-0.1, -0.05) is 0 Å². The molecular formula is C21H15F4N7O. The minimum atomic E-state index is -1.54. The zero-order valence-corrected chi connectivity index (χ0v) is 17.1. The number of aromatic nitrogens is 6. The molecule has 1 amide bonds. The molecule has 0 N–H and O–H groups in total. The van der Waals surface area contributed by atoms with E-state index in [9.17, 15) is 22.4 Å². The molecule has 0 bridgehead atoms. The molecule has 0 fully saturated rings. The zero-order chi connectivity index (χ0) is 23.3. The third kappa shape index (κ3) is 3.52. The van der Waals surface area contributed by atoms with Crippen molar-refractivity contribution in [1.29, 1.82) is 0 Å². The minimum absolute atomic E-state index is 0.0851. The van der Waals surface area contributed by atoms with Crippen molar-refractivity contribution < 1.29 is 22.4 Å². The monoisotopic (exact) mass is 457 g/mol. The molecule has 0 spiro atoms. The summed E-state index contributed by atoms with van der Waals surface area (Å²) in [5.41, 5.74) is 1.84. The van der Waals surface area contributed by atoms with E-state index in [1.54, 1.807) is 7.05 Å². The molecule has 0 aliphatic carbocycles. The maximum Gasteiger partial charge on any atom is 0.293 e. The molecule has 8 nitrogen and oxygen atoms in total. The molecule has 0 radical (unpaired) electrons. The lowest BCUT2D eigenvalue weighted by molar-refractivity contribution is 0.0720. The number of fused-ring (bicyclic) bond motifs is 1. The third-order valence-electron chi connectivity index (χ3n) is 5.38. The summed E-state index contributed by atoms with van der Waals surface area (Å²) in [6, 6.07) is 4.49. The first kappa shape index (κ1) is 20.8. The Bertz CT molecular complexity index is 1370. The number of aryl methyl sites for hydroxylation is 1. The van der Waals surface area contributed by atoms with E-state index in [4.69, 9.17) is 0 Å². The van der Waals surface area contributed by atoms with Gasteiger partial charge in [0.1, 0.15) is 6.33 Å². The van der Waals surface area contributed by atoms with E-state index in [-0.39, 0.29) is 30.3 Å². The van der Waals surface area contributed by atoms with Crippen molar-refractivity contribution in [3.05, 3.63) is 77.1 Å². The second-order valence-corrected chi connectivity index (χ2v) is 7.45. The summed E-state index contributed by atoms with van der Waals surface area (Å²) in [7, 11) is 1.60. The summed E-state index contributed by atoms with van der Waals surface area (Å²) in [6.45, 7) is 0.379. The van der Waals surface area contributed by atoms with Crippen LogP contribution >= 0.6 is 0 Å². The number of halogens is 4. The number of carbonyl (C=O) groups is 1. The fourth-order valence-corrected chi connectivity index (χ4v) is 3.90. The average molecular weight is 457 g/mol. The van der Waals surface area contributed by atoms with E-state index >= 15 is 0 Å². The molecule has 1 aliphatic heterocycles. The third-order valence-corrected chi connectivity index (χ3v) is 5.38. The van der Waals surface area contributed by atoms with Gasteiger partial charge < -0.3 is 4.90 Å². The van der Waals surface area contributed by atoms with Gasteiger partial charge in [-0.2, -0.15) is 9.78 Å². The molecule has 12 heteroatoms. The molecule has 3 aromatic heterocycles. The molecule has 0 saturated heterocycles. The van der Waals surface area contributed by atoms with Crippen LogP contribution in [0, 0.1) is 23.3 Å². The Balaban J connectivity index is 1.41. The Morgan fingerprint density at radius 2 is 1.79 bits per heavy atom. The number of benzene rings is 1. The summed E-state index contributed by atoms with van der Waals surface area (Å²) in [4.78, 5) is 22.3. The van der Waals surface area contributed by atoms with Crippen molar-refractivity contribution in [3.8, 4) is 17.1 Å². The topological polar surface area (TPSA) is 81.7 Å². The highest BCUT2D eigenvalue weighted by Crippen LogP contribution is 2.32. The second kappa shape index (κ2) is 7.80. The summed E-state index contributed by atoms with van der Waals surface area (Å²) in [6.07, 6.45) is 2.94. The van der Waals surface area contributed by atoms with Gasteiger partial charge in [0.25, 0.3) is 5.91 Å². The minimum Gasteiger partial charge on any atom is -0.330 e. The number of nitrogens with zero attached hydrogens (tertiary/aromatic N) is 7. The first-order chi connectivity index (χ1) is 15.8. The first-order valence-electron chi connectivity index (χ1n) is 9.85. The fraction of sp³-hybridized carbons (Fsp3) is 0.190. The van der Waals surface area contributed by atoms with Crippen LogP contribution in [0.3, 0.4) is 0 Å². The van der Waals surface area contributed by atoms with Gasteiger partial charge in [0.05, 0.1) is 17.9 Å². The van der Waals surface area contributed by atoms with E-state index in [0.717, 1.165) is 16.8 Å². The van der Waals surface area contributed by atoms with E-state index in [0.29, 0.717) is 23.4 Å². The van der Waals surface area contributed by atoms with Gasteiger partial charge in [0, 0.05) is 30.9 Å². The van der Waals surface area contributed by atoms with Gasteiger partial charge in [-0.25, -0.2) is 27.5 Å². The quantitative estimate of drug-likeness (QED) is 0.349. The van der Waals surface area contributed by atoms with Crippen LogP contribution in [0.25, 0.3) is 17.1 Å². The van der Waals surface area contributed by atoms with Crippen molar-refractivity contribution in [2.45, 2.75) is 13.0 Å². The lowest BCUT2D eigenvalue weighted by Crippen LogP contribution is -2.36.